The fraction of sp³-hybridized carbons (Fsp3) is 0.600. The molecule has 2 aromatic rings. The highest BCUT2D eigenvalue weighted by Gasteiger charge is 2.38. The molecule has 6 rings (SSSR count). The number of anilines is 2. The third kappa shape index (κ3) is 11.0. The van der Waals surface area contributed by atoms with Gasteiger partial charge in [-0.15, -0.1) is 0 Å². The quantitative estimate of drug-likeness (QED) is 0.249. The molecule has 3 fully saturated rings. The van der Waals surface area contributed by atoms with E-state index < -0.39 is 35.5 Å². The second-order valence-electron chi connectivity index (χ2n) is 15.8. The van der Waals surface area contributed by atoms with E-state index in [1.807, 2.05) is 43.3 Å². The molecule has 0 aliphatic carbocycles. The number of ether oxygens (including phenoxy) is 2. The van der Waals surface area contributed by atoms with Crippen LogP contribution in [0.25, 0.3) is 0 Å². The third-order valence-electron chi connectivity index (χ3n) is 11.6. The van der Waals surface area contributed by atoms with Gasteiger partial charge in [0, 0.05) is 89.6 Å². The van der Waals surface area contributed by atoms with E-state index in [0.29, 0.717) is 65.1 Å². The van der Waals surface area contributed by atoms with Crippen molar-refractivity contribution in [2.75, 3.05) is 104 Å². The van der Waals surface area contributed by atoms with Gasteiger partial charge in [0.05, 0.1) is 22.8 Å². The van der Waals surface area contributed by atoms with Crippen LogP contribution < -0.4 is 11.1 Å². The number of hydrogen-bond donors (Lipinski definition) is 2. The standard InChI is InChI=1S/C40H54ClF3N8O6/c1-47(2)21-22-57-35(53)26-48-12-8-29(9-13-48)49-17-19-50(20-18-49)37(54)34(25-27-23-31(40(42,43)44)36(45)32(41)24-27)58-39(56)51-14-10-30(11-15-51)52-16-7-28-5-3-4-6-33(28)46-38(52)55/h3-6,23-24,29-30,34H,7-22,25-26,45H2,1-2H3,(H,46,55)/t34-/m1/s1. The van der Waals surface area contributed by atoms with Gasteiger partial charge in [0.25, 0.3) is 5.91 Å². The molecular formula is C40H54ClF3N8O6. The number of carbonyl (C=O) groups excluding carboxylic acids is 4. The fourth-order valence-corrected chi connectivity index (χ4v) is 8.48. The number of piperidine rings is 2. The maximum Gasteiger partial charge on any atom is 0.418 e. The van der Waals surface area contributed by atoms with Gasteiger partial charge in [0.2, 0.25) is 0 Å². The van der Waals surface area contributed by atoms with Crippen LogP contribution in [0.15, 0.2) is 36.4 Å². The minimum absolute atomic E-state index is 0.0523. The van der Waals surface area contributed by atoms with Gasteiger partial charge >= 0.3 is 24.3 Å². The highest BCUT2D eigenvalue weighted by Crippen LogP contribution is 2.38. The Hall–Kier alpha value is -4.32. The second-order valence-corrected chi connectivity index (χ2v) is 16.2. The number of benzene rings is 2. The number of hydrogen-bond acceptors (Lipinski definition) is 10. The SMILES string of the molecule is CN(C)CCOC(=O)CN1CCC(N2CCN(C(=O)[C@@H](Cc3cc(Cl)c(N)c(C(F)(F)F)c3)OC(=O)N3CCC(N4CCc5ccccc5NC4=O)CC3)CC2)CC1. The van der Waals surface area contributed by atoms with Gasteiger partial charge in [-0.05, 0) is 75.5 Å². The summed E-state index contributed by atoms with van der Waals surface area (Å²) < 4.78 is 52.9. The molecule has 4 aliphatic rings. The molecule has 4 heterocycles. The van der Waals surface area contributed by atoms with Crippen LogP contribution in [0.4, 0.5) is 34.1 Å². The molecule has 2 aromatic carbocycles. The van der Waals surface area contributed by atoms with E-state index in [-0.39, 0.29) is 60.7 Å². The second kappa shape index (κ2) is 19.2. The molecule has 318 valence electrons. The van der Waals surface area contributed by atoms with Crippen LogP contribution in [0.1, 0.15) is 42.4 Å². The number of urea groups is 1. The number of amides is 4. The van der Waals surface area contributed by atoms with Crippen molar-refractivity contribution < 1.29 is 41.8 Å². The number of piperazine rings is 1. The Kier molecular flexibility index (Phi) is 14.3. The number of likely N-dealkylation sites (N-methyl/N-ethyl adjacent to an activating group) is 1. The van der Waals surface area contributed by atoms with Gasteiger partial charge in [-0.25, -0.2) is 9.59 Å². The van der Waals surface area contributed by atoms with E-state index in [2.05, 4.69) is 15.1 Å². The Morgan fingerprint density at radius 2 is 1.60 bits per heavy atom. The third-order valence-corrected chi connectivity index (χ3v) is 11.9. The van der Waals surface area contributed by atoms with Crippen molar-refractivity contribution in [3.8, 4) is 0 Å². The number of para-hydroxylation sites is 1. The van der Waals surface area contributed by atoms with E-state index in [1.165, 1.54) is 11.0 Å². The number of likely N-dealkylation sites (tertiary alicyclic amines) is 2. The molecule has 0 radical (unpaired) electrons. The van der Waals surface area contributed by atoms with E-state index >= 15 is 0 Å². The number of nitrogens with zero attached hydrogens (tertiary/aromatic N) is 6. The van der Waals surface area contributed by atoms with E-state index in [9.17, 15) is 32.3 Å². The lowest BCUT2D eigenvalue weighted by Gasteiger charge is -2.43. The van der Waals surface area contributed by atoms with Gasteiger partial charge < -0.3 is 40.1 Å². The molecule has 1 atom stereocenters. The minimum atomic E-state index is -4.79. The van der Waals surface area contributed by atoms with Gasteiger partial charge in [0.15, 0.2) is 6.10 Å². The van der Waals surface area contributed by atoms with Gasteiger partial charge in [-0.3, -0.25) is 19.4 Å². The zero-order valence-electron chi connectivity index (χ0n) is 33.1. The zero-order chi connectivity index (χ0) is 41.6. The Balaban J connectivity index is 1.06. The number of esters is 1. The van der Waals surface area contributed by atoms with Crippen molar-refractivity contribution in [1.82, 2.24) is 29.4 Å². The van der Waals surface area contributed by atoms with Crippen LogP contribution in [0.3, 0.4) is 0 Å². The van der Waals surface area contributed by atoms with Crippen molar-refractivity contribution >= 4 is 47.0 Å². The summed E-state index contributed by atoms with van der Waals surface area (Å²) in [6.45, 7) is 5.62. The summed E-state index contributed by atoms with van der Waals surface area (Å²) in [4.78, 5) is 64.5. The normalized spacial score (nSPS) is 19.7. The van der Waals surface area contributed by atoms with Gasteiger partial charge in [-0.2, -0.15) is 13.2 Å². The number of nitrogens with two attached hydrogens (primary N) is 1. The van der Waals surface area contributed by atoms with Crippen LogP contribution in [0.5, 0.6) is 0 Å². The van der Waals surface area contributed by atoms with Gasteiger partial charge in [0.1, 0.15) is 6.61 Å². The molecule has 14 nitrogen and oxygen atoms in total. The van der Waals surface area contributed by atoms with Crippen molar-refractivity contribution in [2.24, 2.45) is 0 Å². The predicted molar refractivity (Wildman–Crippen MR) is 212 cm³/mol. The number of carbonyl (C=O) groups is 4. The largest absolute Gasteiger partial charge is 0.463 e. The molecule has 3 saturated heterocycles. The highest BCUT2D eigenvalue weighted by molar-refractivity contribution is 6.33. The van der Waals surface area contributed by atoms with Crippen molar-refractivity contribution in [1.29, 1.82) is 0 Å². The molecule has 0 unspecified atom stereocenters. The number of fused-ring (bicyclic) bond motifs is 1. The highest BCUT2D eigenvalue weighted by atomic mass is 35.5. The first-order valence-corrected chi connectivity index (χ1v) is 20.4. The molecular weight excluding hydrogens is 781 g/mol. The van der Waals surface area contributed by atoms with E-state index in [0.717, 1.165) is 43.2 Å². The summed E-state index contributed by atoms with van der Waals surface area (Å²) in [7, 11) is 3.84. The number of nitrogen functional groups attached to an aromatic ring is 1. The first kappa shape index (κ1) is 43.3. The summed E-state index contributed by atoms with van der Waals surface area (Å²) in [5.41, 5.74) is 5.82. The number of halogens is 4. The maximum atomic E-state index is 14.1. The van der Waals surface area contributed by atoms with Crippen LogP contribution in [-0.4, -0.2) is 164 Å². The Morgan fingerprint density at radius 3 is 2.28 bits per heavy atom. The van der Waals surface area contributed by atoms with E-state index in [1.54, 1.807) is 9.80 Å². The smallest absolute Gasteiger partial charge is 0.418 e. The minimum Gasteiger partial charge on any atom is -0.463 e. The lowest BCUT2D eigenvalue weighted by atomic mass is 10.0. The van der Waals surface area contributed by atoms with Gasteiger partial charge in [-0.1, -0.05) is 29.8 Å². The van der Waals surface area contributed by atoms with Crippen LogP contribution in [0, 0.1) is 0 Å². The maximum absolute atomic E-state index is 14.1. The average Bonchev–Trinajstić information content (AvgIpc) is 3.36. The lowest BCUT2D eigenvalue weighted by Crippen LogP contribution is -2.57. The van der Waals surface area contributed by atoms with Crippen LogP contribution >= 0.6 is 11.6 Å². The predicted octanol–water partition coefficient (Wildman–Crippen LogP) is 4.26. The summed E-state index contributed by atoms with van der Waals surface area (Å²) in [5, 5.41) is 2.67. The molecule has 0 saturated carbocycles. The summed E-state index contributed by atoms with van der Waals surface area (Å²) in [5.74, 6) is -0.746. The number of alkyl halides is 3. The fourth-order valence-electron chi connectivity index (χ4n) is 8.24. The topological polar surface area (TPSA) is 144 Å². The monoisotopic (exact) mass is 834 g/mol. The summed E-state index contributed by atoms with van der Waals surface area (Å²) in [6, 6.07) is 9.73. The molecule has 4 aliphatic heterocycles. The van der Waals surface area contributed by atoms with Crippen molar-refractivity contribution in [2.45, 2.75) is 62.9 Å². The van der Waals surface area contributed by atoms with Crippen molar-refractivity contribution in [3.63, 3.8) is 0 Å². The molecule has 4 amide bonds. The molecule has 58 heavy (non-hydrogen) atoms. The van der Waals surface area contributed by atoms with E-state index in [4.69, 9.17) is 26.8 Å². The molecule has 0 bridgehead atoms. The molecule has 0 aromatic heterocycles. The first-order valence-electron chi connectivity index (χ1n) is 20.0. The zero-order valence-corrected chi connectivity index (χ0v) is 33.9. The Labute approximate surface area is 342 Å². The number of rotatable bonds is 11. The van der Waals surface area contributed by atoms with Crippen LogP contribution in [0.2, 0.25) is 5.02 Å². The summed E-state index contributed by atoms with van der Waals surface area (Å²) in [6.07, 6.45) is -3.94. The number of nitrogens with one attached hydrogen (secondary N) is 1. The van der Waals surface area contributed by atoms with Crippen molar-refractivity contribution in [3.05, 3.63) is 58.1 Å². The summed E-state index contributed by atoms with van der Waals surface area (Å²) >= 11 is 6.14. The molecule has 0 spiro atoms. The molecule has 3 N–H and O–H groups in total. The average molecular weight is 835 g/mol. The Morgan fingerprint density at radius 1 is 0.931 bits per heavy atom. The Bertz CT molecular complexity index is 1780. The first-order chi connectivity index (χ1) is 27.7. The van der Waals surface area contributed by atoms with Crippen LogP contribution in [-0.2, 0) is 38.1 Å². The lowest BCUT2D eigenvalue weighted by molar-refractivity contribution is -0.145. The molecule has 18 heteroatoms.